The van der Waals surface area contributed by atoms with Crippen LogP contribution in [-0.2, 0) is 26.1 Å². The highest BCUT2D eigenvalue weighted by Gasteiger charge is 2.26. The monoisotopic (exact) mass is 529 g/mol. The topological polar surface area (TPSA) is 122 Å². The van der Waals surface area contributed by atoms with Gasteiger partial charge in [0.05, 0.1) is 18.8 Å². The molecule has 0 amide bonds. The molecule has 0 bridgehead atoms. The summed E-state index contributed by atoms with van der Waals surface area (Å²) in [5.74, 6) is 2.77. The number of hydrogen-bond acceptors (Lipinski definition) is 11. The third-order valence-corrected chi connectivity index (χ3v) is 7.05. The van der Waals surface area contributed by atoms with E-state index in [4.69, 9.17) is 22.4 Å². The van der Waals surface area contributed by atoms with Crippen LogP contribution in [-0.4, -0.2) is 56.7 Å². The molecule has 0 atom stereocenters. The van der Waals surface area contributed by atoms with E-state index in [1.54, 1.807) is 0 Å². The highest BCUT2D eigenvalue weighted by Crippen LogP contribution is 2.30. The molecule has 11 nitrogen and oxygen atoms in total. The molecule has 3 aromatic rings. The standard InChI is InChI=1S/C25H31N5O6S/c1-16(2)22-28-25(36-29-22)30-10-8-21(9-11-30)35-24-17(3)23(26-15-27-24)34-20-6-4-18(5-7-20)12-19-13-32-37(31)33-14-19/h4-7,15-16,19,21H,8-14H2,1-3H3. The summed E-state index contributed by atoms with van der Waals surface area (Å²) in [4.78, 5) is 15.2. The molecular weight excluding hydrogens is 498 g/mol. The SMILES string of the molecule is Cc1c(Oc2ccc(CC3COS(=O)OC3)cc2)ncnc1OC1CCN(c2nc(C(C)C)no2)CC1. The molecule has 4 heterocycles. The van der Waals surface area contributed by atoms with E-state index in [-0.39, 0.29) is 17.9 Å². The van der Waals surface area contributed by atoms with E-state index in [2.05, 4.69) is 25.0 Å². The molecule has 198 valence electrons. The minimum Gasteiger partial charge on any atom is -0.474 e. The van der Waals surface area contributed by atoms with Crippen molar-refractivity contribution in [2.45, 2.75) is 52.1 Å². The van der Waals surface area contributed by atoms with Gasteiger partial charge >= 0.3 is 17.4 Å². The van der Waals surface area contributed by atoms with Crippen LogP contribution < -0.4 is 14.4 Å². The number of benzene rings is 1. The molecule has 5 rings (SSSR count). The first kappa shape index (κ1) is 25.6. The van der Waals surface area contributed by atoms with E-state index >= 15 is 0 Å². The van der Waals surface area contributed by atoms with Gasteiger partial charge in [0.2, 0.25) is 11.8 Å². The minimum atomic E-state index is -1.62. The van der Waals surface area contributed by atoms with Crippen molar-refractivity contribution < 1.29 is 26.6 Å². The Balaban J connectivity index is 1.15. The second-order valence-electron chi connectivity index (χ2n) is 9.59. The van der Waals surface area contributed by atoms with Gasteiger partial charge in [-0.05, 0) is 31.0 Å². The molecule has 0 saturated carbocycles. The van der Waals surface area contributed by atoms with Crippen LogP contribution in [0, 0.1) is 12.8 Å². The fraction of sp³-hybridized carbons (Fsp3) is 0.520. The number of rotatable bonds is 8. The maximum absolute atomic E-state index is 11.1. The predicted molar refractivity (Wildman–Crippen MR) is 135 cm³/mol. The Morgan fingerprint density at radius 1 is 1.08 bits per heavy atom. The zero-order chi connectivity index (χ0) is 25.8. The Morgan fingerprint density at radius 3 is 2.46 bits per heavy atom. The quantitative estimate of drug-likeness (QED) is 0.422. The third kappa shape index (κ3) is 6.43. The number of ether oxygens (including phenoxy) is 2. The van der Waals surface area contributed by atoms with Gasteiger partial charge in [0.15, 0.2) is 5.82 Å². The van der Waals surface area contributed by atoms with E-state index in [1.165, 1.54) is 6.33 Å². The Morgan fingerprint density at radius 2 is 1.78 bits per heavy atom. The molecule has 0 radical (unpaired) electrons. The van der Waals surface area contributed by atoms with Crippen LogP contribution in [0.25, 0.3) is 0 Å². The van der Waals surface area contributed by atoms with Gasteiger partial charge < -0.3 is 18.9 Å². The molecule has 2 aromatic heterocycles. The van der Waals surface area contributed by atoms with Crippen LogP contribution >= 0.6 is 0 Å². The van der Waals surface area contributed by atoms with Crippen molar-refractivity contribution in [2.24, 2.45) is 5.92 Å². The third-order valence-electron chi connectivity index (χ3n) is 6.39. The molecule has 0 aliphatic carbocycles. The van der Waals surface area contributed by atoms with Crippen molar-refractivity contribution in [2.75, 3.05) is 31.2 Å². The lowest BCUT2D eigenvalue weighted by molar-refractivity contribution is 0.124. The predicted octanol–water partition coefficient (Wildman–Crippen LogP) is 3.92. The van der Waals surface area contributed by atoms with E-state index < -0.39 is 11.4 Å². The number of hydrogen-bond donors (Lipinski definition) is 0. The van der Waals surface area contributed by atoms with Crippen LogP contribution in [0.3, 0.4) is 0 Å². The van der Waals surface area contributed by atoms with Gasteiger partial charge in [0, 0.05) is 37.8 Å². The summed E-state index contributed by atoms with van der Waals surface area (Å²) in [6, 6.07) is 8.36. The van der Waals surface area contributed by atoms with Crippen molar-refractivity contribution in [3.63, 3.8) is 0 Å². The van der Waals surface area contributed by atoms with Crippen molar-refractivity contribution in [3.8, 4) is 17.5 Å². The molecule has 2 fully saturated rings. The average molecular weight is 530 g/mol. The summed E-state index contributed by atoms with van der Waals surface area (Å²) in [5.41, 5.74) is 1.87. The highest BCUT2D eigenvalue weighted by molar-refractivity contribution is 7.75. The first-order valence-electron chi connectivity index (χ1n) is 12.5. The summed E-state index contributed by atoms with van der Waals surface area (Å²) in [7, 11) is 0. The van der Waals surface area contributed by atoms with Crippen molar-refractivity contribution >= 4 is 17.4 Å². The van der Waals surface area contributed by atoms with Crippen molar-refractivity contribution in [1.82, 2.24) is 20.1 Å². The van der Waals surface area contributed by atoms with Gasteiger partial charge in [-0.2, -0.15) is 9.19 Å². The molecular formula is C25H31N5O6S. The molecule has 0 unspecified atom stereocenters. The summed E-state index contributed by atoms with van der Waals surface area (Å²) < 4.78 is 39.0. The fourth-order valence-corrected chi connectivity index (χ4v) is 4.87. The van der Waals surface area contributed by atoms with Crippen LogP contribution in [0.5, 0.6) is 17.5 Å². The normalized spacial score (nSPS) is 20.8. The molecule has 12 heteroatoms. The summed E-state index contributed by atoms with van der Waals surface area (Å²) in [6.07, 6.45) is 3.88. The van der Waals surface area contributed by atoms with Crippen molar-refractivity contribution in [3.05, 3.63) is 47.5 Å². The first-order valence-corrected chi connectivity index (χ1v) is 13.5. The van der Waals surface area contributed by atoms with Gasteiger partial charge in [-0.3, -0.25) is 8.37 Å². The Hall–Kier alpha value is -3.09. The van der Waals surface area contributed by atoms with Crippen molar-refractivity contribution in [1.29, 1.82) is 0 Å². The molecule has 2 saturated heterocycles. The zero-order valence-electron chi connectivity index (χ0n) is 21.2. The molecule has 0 N–H and O–H groups in total. The molecule has 2 aliphatic rings. The average Bonchev–Trinajstić information content (AvgIpc) is 3.40. The summed E-state index contributed by atoms with van der Waals surface area (Å²) >= 11 is -1.62. The van der Waals surface area contributed by atoms with E-state index in [9.17, 15) is 4.21 Å². The van der Waals surface area contributed by atoms with Gasteiger partial charge in [0.1, 0.15) is 18.2 Å². The van der Waals surface area contributed by atoms with Crippen LogP contribution in [0.15, 0.2) is 35.1 Å². The maximum atomic E-state index is 11.1. The number of aromatic nitrogens is 4. The Bertz CT molecular complexity index is 1200. The highest BCUT2D eigenvalue weighted by atomic mass is 32.2. The maximum Gasteiger partial charge on any atom is 0.324 e. The summed E-state index contributed by atoms with van der Waals surface area (Å²) in [5, 5.41) is 4.06. The number of piperidine rings is 1. The van der Waals surface area contributed by atoms with Gasteiger partial charge in [0.25, 0.3) is 0 Å². The van der Waals surface area contributed by atoms with Gasteiger partial charge in [-0.15, -0.1) is 0 Å². The van der Waals surface area contributed by atoms with Gasteiger partial charge in [-0.1, -0.05) is 31.1 Å². The molecule has 2 aliphatic heterocycles. The minimum absolute atomic E-state index is 0.0228. The van der Waals surface area contributed by atoms with Crippen LogP contribution in [0.2, 0.25) is 0 Å². The first-order chi connectivity index (χ1) is 17.9. The van der Waals surface area contributed by atoms with E-state index in [1.807, 2.05) is 45.0 Å². The molecule has 37 heavy (non-hydrogen) atoms. The van der Waals surface area contributed by atoms with Crippen LogP contribution in [0.1, 0.15) is 49.6 Å². The Labute approximate surface area is 218 Å². The molecule has 1 aromatic carbocycles. The lowest BCUT2D eigenvalue weighted by Gasteiger charge is -2.30. The number of anilines is 1. The summed E-state index contributed by atoms with van der Waals surface area (Å²) in [6.45, 7) is 8.35. The zero-order valence-corrected chi connectivity index (χ0v) is 22.0. The fourth-order valence-electron chi connectivity index (χ4n) is 4.19. The smallest absolute Gasteiger partial charge is 0.324 e. The van der Waals surface area contributed by atoms with E-state index in [0.29, 0.717) is 36.7 Å². The van der Waals surface area contributed by atoms with Gasteiger partial charge in [-0.25, -0.2) is 9.97 Å². The van der Waals surface area contributed by atoms with E-state index in [0.717, 1.165) is 49.3 Å². The lowest BCUT2D eigenvalue weighted by Crippen LogP contribution is -2.38. The molecule has 0 spiro atoms. The Kier molecular flexibility index (Phi) is 7.96. The lowest BCUT2D eigenvalue weighted by atomic mass is 10.0. The number of nitrogens with zero attached hydrogens (tertiary/aromatic N) is 5. The van der Waals surface area contributed by atoms with Crippen LogP contribution in [0.4, 0.5) is 6.01 Å². The largest absolute Gasteiger partial charge is 0.474 e. The second-order valence-corrected chi connectivity index (χ2v) is 10.5. The second kappa shape index (κ2) is 11.5.